The number of Topliss-reactive ketones (excluding diaryl/α,β-unsaturated/α-hetero) is 1. The summed E-state index contributed by atoms with van der Waals surface area (Å²) < 4.78 is 5.73. The lowest BCUT2D eigenvalue weighted by molar-refractivity contribution is -0.138. The first-order valence-electron chi connectivity index (χ1n) is 5.50. The maximum absolute atomic E-state index is 12.3. The number of rotatable bonds is 4. The van der Waals surface area contributed by atoms with Gasteiger partial charge in [0.25, 0.3) is 0 Å². The van der Waals surface area contributed by atoms with E-state index in [0.29, 0.717) is 5.56 Å². The van der Waals surface area contributed by atoms with E-state index in [1.807, 2.05) is 6.07 Å². The fourth-order valence-electron chi connectivity index (χ4n) is 1.47. The highest BCUT2D eigenvalue weighted by molar-refractivity contribution is 8.37. The second kappa shape index (κ2) is 6.11. The molecular formula is C13H12O3S2. The summed E-state index contributed by atoms with van der Waals surface area (Å²) in [6.07, 6.45) is 0. The van der Waals surface area contributed by atoms with E-state index in [2.05, 4.69) is 0 Å². The summed E-state index contributed by atoms with van der Waals surface area (Å²) in [6, 6.07) is 8.80. The van der Waals surface area contributed by atoms with Gasteiger partial charge in [0.15, 0.2) is 0 Å². The fourth-order valence-corrected chi connectivity index (χ4v) is 3.05. The van der Waals surface area contributed by atoms with Gasteiger partial charge in [0, 0.05) is 10.6 Å². The molecule has 0 amide bonds. The highest BCUT2D eigenvalue weighted by Crippen LogP contribution is 2.46. The monoisotopic (exact) mass is 280 g/mol. The Morgan fingerprint density at radius 1 is 1.22 bits per heavy atom. The number of hydrogen-bond donors (Lipinski definition) is 0. The minimum Gasteiger partial charge on any atom is -0.462 e. The van der Waals surface area contributed by atoms with Gasteiger partial charge in [-0.3, -0.25) is 4.79 Å². The summed E-state index contributed by atoms with van der Waals surface area (Å²) in [5.74, 6) is -0.787. The Bertz CT molecular complexity index is 488. The van der Waals surface area contributed by atoms with Crippen molar-refractivity contribution in [2.75, 3.05) is 11.7 Å². The predicted molar refractivity (Wildman–Crippen MR) is 74.5 cm³/mol. The maximum atomic E-state index is 12.3. The molecule has 3 nitrogen and oxygen atoms in total. The van der Waals surface area contributed by atoms with Crippen molar-refractivity contribution < 1.29 is 14.3 Å². The molecule has 0 atom stereocenters. The zero-order chi connectivity index (χ0) is 13.0. The molecule has 5 heteroatoms. The summed E-state index contributed by atoms with van der Waals surface area (Å²) in [5, 5.41) is 0.875. The van der Waals surface area contributed by atoms with Crippen LogP contribution in [0.5, 0.6) is 0 Å². The molecule has 94 valence electrons. The van der Waals surface area contributed by atoms with Crippen LogP contribution in [0.1, 0.15) is 17.3 Å². The van der Waals surface area contributed by atoms with Crippen LogP contribution in [0.4, 0.5) is 0 Å². The summed E-state index contributed by atoms with van der Waals surface area (Å²) in [4.78, 5) is 24.2. The summed E-state index contributed by atoms with van der Waals surface area (Å²) in [7, 11) is 0. The quantitative estimate of drug-likeness (QED) is 0.279. The smallest absolute Gasteiger partial charge is 0.343 e. The van der Waals surface area contributed by atoms with Crippen molar-refractivity contribution in [2.45, 2.75) is 6.92 Å². The second-order valence-electron chi connectivity index (χ2n) is 3.48. The number of ether oxygens (including phenoxy) is 1. The molecule has 1 fully saturated rings. The van der Waals surface area contributed by atoms with Crippen molar-refractivity contribution in [3.05, 3.63) is 45.7 Å². The van der Waals surface area contributed by atoms with Crippen molar-refractivity contribution in [1.82, 2.24) is 0 Å². The van der Waals surface area contributed by atoms with Gasteiger partial charge >= 0.3 is 5.97 Å². The summed E-state index contributed by atoms with van der Waals surface area (Å²) >= 11 is 3.02. The molecule has 0 aromatic heterocycles. The largest absolute Gasteiger partial charge is 0.462 e. The Morgan fingerprint density at radius 3 is 2.39 bits per heavy atom. The molecule has 2 rings (SSSR count). The molecule has 0 N–H and O–H groups in total. The van der Waals surface area contributed by atoms with E-state index in [1.54, 1.807) is 31.2 Å². The highest BCUT2D eigenvalue weighted by Gasteiger charge is 2.29. The molecule has 0 unspecified atom stereocenters. The van der Waals surface area contributed by atoms with Crippen molar-refractivity contribution in [3.8, 4) is 0 Å². The molecule has 0 radical (unpaired) electrons. The van der Waals surface area contributed by atoms with E-state index in [0.717, 1.165) is 9.32 Å². The summed E-state index contributed by atoms with van der Waals surface area (Å²) in [6.45, 7) is 2.00. The molecule has 18 heavy (non-hydrogen) atoms. The van der Waals surface area contributed by atoms with Crippen LogP contribution in [0.25, 0.3) is 0 Å². The van der Waals surface area contributed by atoms with Crippen LogP contribution < -0.4 is 0 Å². The average Bonchev–Trinajstić information content (AvgIpc) is 2.34. The van der Waals surface area contributed by atoms with E-state index < -0.39 is 5.97 Å². The third-order valence-electron chi connectivity index (χ3n) is 2.33. The first kappa shape index (κ1) is 13.2. The first-order chi connectivity index (χ1) is 8.74. The Hall–Kier alpha value is -1.20. The summed E-state index contributed by atoms with van der Waals surface area (Å²) in [5.41, 5.74) is 0.686. The number of carbonyl (C=O) groups is 2. The molecule has 1 saturated heterocycles. The molecule has 1 aromatic carbocycles. The lowest BCUT2D eigenvalue weighted by Gasteiger charge is -2.18. The zero-order valence-electron chi connectivity index (χ0n) is 9.84. The van der Waals surface area contributed by atoms with Crippen molar-refractivity contribution >= 4 is 35.3 Å². The molecule has 1 aliphatic heterocycles. The van der Waals surface area contributed by atoms with Gasteiger partial charge in [0.1, 0.15) is 5.57 Å². The van der Waals surface area contributed by atoms with Gasteiger partial charge in [-0.2, -0.15) is 0 Å². The molecule has 1 heterocycles. The minimum atomic E-state index is -0.527. The maximum Gasteiger partial charge on any atom is 0.343 e. The van der Waals surface area contributed by atoms with E-state index in [1.165, 1.54) is 23.5 Å². The normalized spacial score (nSPS) is 13.7. The Balaban J connectivity index is 2.31. The third-order valence-corrected chi connectivity index (χ3v) is 4.91. The van der Waals surface area contributed by atoms with Crippen LogP contribution in [-0.4, -0.2) is 23.4 Å². The van der Waals surface area contributed by atoms with Gasteiger partial charge < -0.3 is 4.74 Å². The molecule has 0 bridgehead atoms. The van der Waals surface area contributed by atoms with Gasteiger partial charge in [-0.1, -0.05) is 30.3 Å². The molecule has 0 saturated carbocycles. The lowest BCUT2D eigenvalue weighted by Crippen LogP contribution is -2.18. The van der Waals surface area contributed by atoms with E-state index in [9.17, 15) is 9.59 Å². The Morgan fingerprint density at radius 2 is 1.89 bits per heavy atom. The second-order valence-corrected chi connectivity index (χ2v) is 6.08. The molecule has 1 aliphatic rings. The Kier molecular flexibility index (Phi) is 4.49. The number of carbonyl (C=O) groups excluding carboxylic acids is 2. The Labute approximate surface area is 114 Å². The molecule has 0 spiro atoms. The zero-order valence-corrected chi connectivity index (χ0v) is 11.5. The fraction of sp³-hybridized carbons (Fsp3) is 0.231. The highest BCUT2D eigenvalue weighted by atomic mass is 32.3. The number of hydrogen-bond acceptors (Lipinski definition) is 5. The molecule has 1 aromatic rings. The van der Waals surface area contributed by atoms with Gasteiger partial charge in [0.2, 0.25) is 5.78 Å². The van der Waals surface area contributed by atoms with E-state index in [4.69, 9.17) is 4.74 Å². The van der Waals surface area contributed by atoms with Gasteiger partial charge in [-0.15, -0.1) is 23.5 Å². The van der Waals surface area contributed by atoms with Gasteiger partial charge in [0.05, 0.1) is 10.8 Å². The SMILES string of the molecule is CCOC(=O)C(C(=O)c1ccccc1)=C1SCS1. The van der Waals surface area contributed by atoms with Crippen molar-refractivity contribution in [2.24, 2.45) is 0 Å². The number of esters is 1. The topological polar surface area (TPSA) is 43.4 Å². The first-order valence-corrected chi connectivity index (χ1v) is 7.48. The van der Waals surface area contributed by atoms with Crippen molar-refractivity contribution in [1.29, 1.82) is 0 Å². The van der Waals surface area contributed by atoms with Gasteiger partial charge in [-0.05, 0) is 6.92 Å². The van der Waals surface area contributed by atoms with Crippen LogP contribution in [0.15, 0.2) is 40.1 Å². The van der Waals surface area contributed by atoms with Crippen LogP contribution in [-0.2, 0) is 9.53 Å². The van der Waals surface area contributed by atoms with E-state index in [-0.39, 0.29) is 18.0 Å². The van der Waals surface area contributed by atoms with E-state index >= 15 is 0 Å². The van der Waals surface area contributed by atoms with Crippen LogP contribution >= 0.6 is 23.5 Å². The number of benzene rings is 1. The minimum absolute atomic E-state index is 0.171. The van der Waals surface area contributed by atoms with Gasteiger partial charge in [-0.25, -0.2) is 4.79 Å². The van der Waals surface area contributed by atoms with Crippen LogP contribution in [0.2, 0.25) is 0 Å². The number of ketones is 1. The lowest BCUT2D eigenvalue weighted by atomic mass is 10.1. The standard InChI is InChI=1S/C13H12O3S2/c1-2-16-12(15)10(13-17-8-18-13)11(14)9-6-4-3-5-7-9/h3-7H,2,8H2,1H3. The van der Waals surface area contributed by atoms with Crippen LogP contribution in [0.3, 0.4) is 0 Å². The molecular weight excluding hydrogens is 268 g/mol. The average molecular weight is 280 g/mol. The predicted octanol–water partition coefficient (Wildman–Crippen LogP) is 3.08. The van der Waals surface area contributed by atoms with Crippen molar-refractivity contribution in [3.63, 3.8) is 0 Å². The molecule has 0 aliphatic carbocycles. The van der Waals surface area contributed by atoms with Crippen LogP contribution in [0, 0.1) is 0 Å². The third kappa shape index (κ3) is 2.79. The number of thioether (sulfide) groups is 2.